The molecular formula is C16H16BrNO3S2. The van der Waals surface area contributed by atoms with Gasteiger partial charge in [0.2, 0.25) is 5.12 Å². The monoisotopic (exact) mass is 413 g/mol. The van der Waals surface area contributed by atoms with Gasteiger partial charge in [-0.15, -0.1) is 6.58 Å². The Hall–Kier alpha value is -1.18. The van der Waals surface area contributed by atoms with E-state index in [-0.39, 0.29) is 5.12 Å². The highest BCUT2D eigenvalue weighted by Gasteiger charge is 2.22. The van der Waals surface area contributed by atoms with E-state index >= 15 is 0 Å². The minimum absolute atomic E-state index is 0.0551. The summed E-state index contributed by atoms with van der Waals surface area (Å²) in [7, 11) is 1.58. The first-order chi connectivity index (χ1) is 11.1. The lowest BCUT2D eigenvalue weighted by molar-refractivity contribution is -0.107. The van der Waals surface area contributed by atoms with E-state index in [1.54, 1.807) is 19.3 Å². The summed E-state index contributed by atoms with van der Waals surface area (Å²) in [6.45, 7) is 6.11. The number of carbonyl (C=O) groups excluding carboxylic acids is 1. The third-order valence-corrected chi connectivity index (χ3v) is 5.36. The highest BCUT2D eigenvalue weighted by molar-refractivity contribution is 9.10. The fourth-order valence-corrected chi connectivity index (χ4v) is 4.02. The van der Waals surface area contributed by atoms with E-state index < -0.39 is 0 Å². The van der Waals surface area contributed by atoms with Crippen molar-refractivity contribution in [3.05, 3.63) is 40.5 Å². The molecule has 0 aromatic heterocycles. The number of nitrogens with zero attached hydrogens (tertiary/aromatic N) is 1. The van der Waals surface area contributed by atoms with Crippen molar-refractivity contribution in [3.8, 4) is 11.5 Å². The van der Waals surface area contributed by atoms with Crippen LogP contribution in [0.3, 0.4) is 0 Å². The van der Waals surface area contributed by atoms with Crippen LogP contribution in [0.25, 0.3) is 6.08 Å². The van der Waals surface area contributed by atoms with E-state index in [0.29, 0.717) is 23.8 Å². The Bertz CT molecular complexity index is 686. The van der Waals surface area contributed by atoms with Crippen molar-refractivity contribution in [1.82, 2.24) is 0 Å². The molecule has 0 amide bonds. The van der Waals surface area contributed by atoms with Crippen molar-refractivity contribution < 1.29 is 14.3 Å². The molecule has 1 aliphatic rings. The zero-order chi connectivity index (χ0) is 16.8. The Morgan fingerprint density at radius 3 is 2.91 bits per heavy atom. The predicted octanol–water partition coefficient (Wildman–Crippen LogP) is 4.75. The number of halogens is 1. The number of methoxy groups -OCH3 is 1. The fraction of sp³-hybridized carbons (Fsp3) is 0.250. The second kappa shape index (κ2) is 8.61. The molecule has 1 aliphatic heterocycles. The zero-order valence-corrected chi connectivity index (χ0v) is 16.0. The molecule has 2 rings (SSSR count). The molecule has 0 atom stereocenters. The van der Waals surface area contributed by atoms with Crippen molar-refractivity contribution in [2.24, 2.45) is 4.99 Å². The molecule has 0 radical (unpaired) electrons. The quantitative estimate of drug-likeness (QED) is 0.497. The Kier molecular flexibility index (Phi) is 6.80. The molecule has 0 spiro atoms. The van der Waals surface area contributed by atoms with Gasteiger partial charge in [0.05, 0.1) is 18.2 Å². The van der Waals surface area contributed by atoms with E-state index in [9.17, 15) is 4.79 Å². The molecule has 4 nitrogen and oxygen atoms in total. The molecule has 122 valence electrons. The maximum atomic E-state index is 12.0. The third-order valence-electron chi connectivity index (χ3n) is 2.77. The average molecular weight is 414 g/mol. The van der Waals surface area contributed by atoms with Crippen molar-refractivity contribution >= 4 is 55.0 Å². The Morgan fingerprint density at radius 2 is 2.26 bits per heavy atom. The SMILES string of the molecule is C=CCSC1=N/C(=C/c2cc(Br)c(OCC)c(OC)c2)C(=O)S1. The molecule has 0 saturated carbocycles. The largest absolute Gasteiger partial charge is 0.493 e. The van der Waals surface area contributed by atoms with E-state index in [1.807, 2.05) is 19.1 Å². The van der Waals surface area contributed by atoms with Crippen LogP contribution in [0.4, 0.5) is 0 Å². The summed E-state index contributed by atoms with van der Waals surface area (Å²) in [5.41, 5.74) is 1.25. The van der Waals surface area contributed by atoms with Crippen LogP contribution in [0.2, 0.25) is 0 Å². The molecule has 0 unspecified atom stereocenters. The van der Waals surface area contributed by atoms with Crippen molar-refractivity contribution in [2.75, 3.05) is 19.5 Å². The Balaban J connectivity index is 2.31. The van der Waals surface area contributed by atoms with E-state index in [2.05, 4.69) is 27.5 Å². The molecule has 0 fully saturated rings. The van der Waals surface area contributed by atoms with E-state index in [1.165, 1.54) is 11.8 Å². The lowest BCUT2D eigenvalue weighted by atomic mass is 10.1. The molecule has 0 bridgehead atoms. The van der Waals surface area contributed by atoms with E-state index in [4.69, 9.17) is 9.47 Å². The summed E-state index contributed by atoms with van der Waals surface area (Å²) in [6, 6.07) is 3.70. The van der Waals surface area contributed by atoms with Gasteiger partial charge in [-0.2, -0.15) is 0 Å². The maximum Gasteiger partial charge on any atom is 0.244 e. The summed E-state index contributed by atoms with van der Waals surface area (Å²) in [5, 5.41) is -0.0551. The summed E-state index contributed by atoms with van der Waals surface area (Å²) < 4.78 is 12.4. The first-order valence-corrected chi connectivity index (χ1v) is 9.45. The van der Waals surface area contributed by atoms with Crippen LogP contribution in [-0.2, 0) is 4.79 Å². The zero-order valence-electron chi connectivity index (χ0n) is 12.8. The number of hydrogen-bond acceptors (Lipinski definition) is 6. The smallest absolute Gasteiger partial charge is 0.244 e. The molecular weight excluding hydrogens is 398 g/mol. The van der Waals surface area contributed by atoms with Crippen molar-refractivity contribution in [1.29, 1.82) is 0 Å². The minimum atomic E-state index is -0.0551. The van der Waals surface area contributed by atoms with Crippen molar-refractivity contribution in [3.63, 3.8) is 0 Å². The van der Waals surface area contributed by atoms with Crippen LogP contribution in [0.1, 0.15) is 12.5 Å². The molecule has 1 aromatic carbocycles. The van der Waals surface area contributed by atoms with Crippen LogP contribution >= 0.6 is 39.5 Å². The Morgan fingerprint density at radius 1 is 1.48 bits per heavy atom. The number of benzene rings is 1. The van der Waals surface area contributed by atoms with Gasteiger partial charge in [-0.3, -0.25) is 4.79 Å². The number of hydrogen-bond donors (Lipinski definition) is 0. The van der Waals surface area contributed by atoms with Crippen LogP contribution in [0, 0.1) is 0 Å². The third kappa shape index (κ3) is 4.65. The van der Waals surface area contributed by atoms with Gasteiger partial charge >= 0.3 is 0 Å². The average Bonchev–Trinajstić information content (AvgIpc) is 2.87. The van der Waals surface area contributed by atoms with Crippen LogP contribution in [-0.4, -0.2) is 29.0 Å². The number of aliphatic imine (C=N–C) groups is 1. The van der Waals surface area contributed by atoms with Gasteiger partial charge in [0.25, 0.3) is 0 Å². The van der Waals surface area contributed by atoms with Crippen LogP contribution < -0.4 is 9.47 Å². The highest BCUT2D eigenvalue weighted by Crippen LogP contribution is 2.38. The first kappa shape index (κ1) is 18.2. The topological polar surface area (TPSA) is 47.9 Å². The molecule has 7 heteroatoms. The number of carbonyl (C=O) groups is 1. The van der Waals surface area contributed by atoms with Gasteiger partial charge < -0.3 is 9.47 Å². The summed E-state index contributed by atoms with van der Waals surface area (Å²) in [4.78, 5) is 16.4. The van der Waals surface area contributed by atoms with Crippen LogP contribution in [0.5, 0.6) is 11.5 Å². The summed E-state index contributed by atoms with van der Waals surface area (Å²) in [6.07, 6.45) is 3.54. The van der Waals surface area contributed by atoms with Gasteiger partial charge in [-0.1, -0.05) is 17.8 Å². The first-order valence-electron chi connectivity index (χ1n) is 6.85. The maximum absolute atomic E-state index is 12.0. The van der Waals surface area contributed by atoms with Crippen LogP contribution in [0.15, 0.2) is 39.9 Å². The van der Waals surface area contributed by atoms with Gasteiger partial charge in [0.15, 0.2) is 11.5 Å². The molecule has 1 aromatic rings. The highest BCUT2D eigenvalue weighted by atomic mass is 79.9. The molecule has 23 heavy (non-hydrogen) atoms. The second-order valence-electron chi connectivity index (χ2n) is 4.36. The normalized spacial score (nSPS) is 15.7. The van der Waals surface area contributed by atoms with Gasteiger partial charge in [0.1, 0.15) is 10.1 Å². The lowest BCUT2D eigenvalue weighted by Gasteiger charge is -2.12. The second-order valence-corrected chi connectivity index (χ2v) is 7.45. The minimum Gasteiger partial charge on any atom is -0.493 e. The molecule has 0 saturated heterocycles. The Labute approximate surface area is 152 Å². The van der Waals surface area contributed by atoms with E-state index in [0.717, 1.165) is 31.9 Å². The molecule has 0 aliphatic carbocycles. The number of ether oxygens (including phenoxy) is 2. The standard InChI is InChI=1S/C16H16BrNO3S2/c1-4-6-22-16-18-12(15(19)23-16)8-10-7-11(17)14(21-5-2)13(9-10)20-3/h4,7-9H,1,5-6H2,2-3H3/b12-8+. The van der Waals surface area contributed by atoms with Gasteiger partial charge in [-0.05, 0) is 58.4 Å². The number of thioether (sulfide) groups is 2. The van der Waals surface area contributed by atoms with Crippen molar-refractivity contribution in [2.45, 2.75) is 6.92 Å². The number of rotatable bonds is 6. The summed E-state index contributed by atoms with van der Waals surface area (Å²) >= 11 is 6.12. The lowest BCUT2D eigenvalue weighted by Crippen LogP contribution is -1.97. The fourth-order valence-electron chi connectivity index (χ4n) is 1.85. The van der Waals surface area contributed by atoms with Gasteiger partial charge in [-0.25, -0.2) is 4.99 Å². The predicted molar refractivity (Wildman–Crippen MR) is 103 cm³/mol. The van der Waals surface area contributed by atoms with Gasteiger partial charge in [0, 0.05) is 5.75 Å². The molecule has 1 heterocycles. The molecule has 0 N–H and O–H groups in total. The summed E-state index contributed by atoms with van der Waals surface area (Å²) in [5.74, 6) is 1.99.